The number of amides is 1. The normalized spacial score (nSPS) is 20.9. The largest absolute Gasteiger partial charge is 0.489 e. The van der Waals surface area contributed by atoms with Crippen molar-refractivity contribution in [2.75, 3.05) is 29.9 Å². The fourth-order valence-electron chi connectivity index (χ4n) is 4.34. The molecule has 2 N–H and O–H groups in total. The summed E-state index contributed by atoms with van der Waals surface area (Å²) in [6.07, 6.45) is 2.88. The number of sulfonamides is 1. The number of aryl methyl sites for hydroxylation is 1. The summed E-state index contributed by atoms with van der Waals surface area (Å²) in [5, 5.41) is 2.26. The first-order valence-corrected chi connectivity index (χ1v) is 12.1. The topological polar surface area (TPSA) is 106 Å². The third kappa shape index (κ3) is 4.21. The summed E-state index contributed by atoms with van der Waals surface area (Å²) in [6, 6.07) is 6.25. The third-order valence-corrected chi connectivity index (χ3v) is 7.49. The predicted molar refractivity (Wildman–Crippen MR) is 119 cm³/mol. The molecule has 1 amide bonds. The summed E-state index contributed by atoms with van der Waals surface area (Å²) < 4.78 is 76.6. The van der Waals surface area contributed by atoms with E-state index >= 15 is 0 Å². The van der Waals surface area contributed by atoms with Crippen LogP contribution in [0.3, 0.4) is 0 Å². The van der Waals surface area contributed by atoms with Crippen molar-refractivity contribution < 1.29 is 31.1 Å². The van der Waals surface area contributed by atoms with E-state index in [4.69, 9.17) is 4.74 Å². The van der Waals surface area contributed by atoms with E-state index in [-0.39, 0.29) is 34.6 Å². The van der Waals surface area contributed by atoms with E-state index in [1.165, 1.54) is 17.8 Å². The van der Waals surface area contributed by atoms with E-state index in [9.17, 15) is 26.4 Å². The molecular formula is C22H20F3N5O4S. The molecule has 0 bridgehead atoms. The zero-order valence-electron chi connectivity index (χ0n) is 18.3. The summed E-state index contributed by atoms with van der Waals surface area (Å²) in [5.74, 6) is -5.22. The van der Waals surface area contributed by atoms with Gasteiger partial charge in [-0.25, -0.2) is 31.3 Å². The Morgan fingerprint density at radius 2 is 1.94 bits per heavy atom. The maximum absolute atomic E-state index is 13.6. The van der Waals surface area contributed by atoms with E-state index in [1.807, 2.05) is 17.0 Å². The van der Waals surface area contributed by atoms with Crippen LogP contribution in [-0.2, 0) is 17.1 Å². The molecule has 1 saturated heterocycles. The van der Waals surface area contributed by atoms with Crippen LogP contribution < -0.4 is 19.7 Å². The Balaban J connectivity index is 1.44. The van der Waals surface area contributed by atoms with Crippen LogP contribution in [0.1, 0.15) is 10.5 Å². The molecule has 0 spiro atoms. The maximum Gasteiger partial charge on any atom is 0.276 e. The van der Waals surface area contributed by atoms with Crippen molar-refractivity contribution in [3.63, 3.8) is 0 Å². The molecular weight excluding hydrogens is 487 g/mol. The van der Waals surface area contributed by atoms with Crippen molar-refractivity contribution in [1.82, 2.24) is 14.3 Å². The van der Waals surface area contributed by atoms with E-state index in [1.54, 1.807) is 12.3 Å². The number of hydrogen-bond donors (Lipinski definition) is 2. The third-order valence-electron chi connectivity index (χ3n) is 6.01. The molecule has 184 valence electrons. The Labute approximate surface area is 198 Å². The molecule has 2 unspecified atom stereocenters. The van der Waals surface area contributed by atoms with Crippen LogP contribution in [0, 0.1) is 23.4 Å². The molecule has 2 atom stereocenters. The van der Waals surface area contributed by atoms with Gasteiger partial charge in [0, 0.05) is 62.3 Å². The van der Waals surface area contributed by atoms with Gasteiger partial charge in [-0.2, -0.15) is 0 Å². The van der Waals surface area contributed by atoms with Crippen molar-refractivity contribution in [3.05, 3.63) is 65.9 Å². The number of nitrogens with zero attached hydrogens (tertiary/aromatic N) is 3. The van der Waals surface area contributed by atoms with Gasteiger partial charge in [-0.1, -0.05) is 6.07 Å². The molecule has 13 heteroatoms. The average Bonchev–Trinajstić information content (AvgIpc) is 3.36. The number of nitrogens with one attached hydrogen (secondary N) is 2. The van der Waals surface area contributed by atoms with Gasteiger partial charge in [0.1, 0.15) is 10.7 Å². The van der Waals surface area contributed by atoms with Crippen molar-refractivity contribution >= 4 is 27.4 Å². The predicted octanol–water partition coefficient (Wildman–Crippen LogP) is 2.27. The molecule has 35 heavy (non-hydrogen) atoms. The second-order valence-electron chi connectivity index (χ2n) is 8.38. The Hall–Kier alpha value is -3.58. The zero-order valence-corrected chi connectivity index (χ0v) is 19.2. The highest BCUT2D eigenvalue weighted by molar-refractivity contribution is 7.89. The van der Waals surface area contributed by atoms with Crippen LogP contribution in [0.4, 0.5) is 24.7 Å². The lowest BCUT2D eigenvalue weighted by Gasteiger charge is -2.23. The van der Waals surface area contributed by atoms with Crippen LogP contribution in [0.2, 0.25) is 0 Å². The number of benzene rings is 1. The summed E-state index contributed by atoms with van der Waals surface area (Å²) in [7, 11) is -2.64. The molecule has 1 aromatic carbocycles. The van der Waals surface area contributed by atoms with Crippen LogP contribution in [-0.4, -0.2) is 49.6 Å². The van der Waals surface area contributed by atoms with Gasteiger partial charge in [0.05, 0.1) is 6.61 Å². The van der Waals surface area contributed by atoms with Gasteiger partial charge >= 0.3 is 0 Å². The summed E-state index contributed by atoms with van der Waals surface area (Å²) in [4.78, 5) is 19.0. The molecule has 1 fully saturated rings. The van der Waals surface area contributed by atoms with Gasteiger partial charge in [-0.3, -0.25) is 4.79 Å². The van der Waals surface area contributed by atoms with Gasteiger partial charge in [0.15, 0.2) is 28.9 Å². The molecule has 0 saturated carbocycles. The highest BCUT2D eigenvalue weighted by atomic mass is 32.2. The second kappa shape index (κ2) is 8.57. The smallest absolute Gasteiger partial charge is 0.276 e. The van der Waals surface area contributed by atoms with E-state index in [0.717, 1.165) is 0 Å². The van der Waals surface area contributed by atoms with Gasteiger partial charge in [0.25, 0.3) is 5.91 Å². The lowest BCUT2D eigenvalue weighted by molar-refractivity contribution is 0.101. The number of aromatic nitrogens is 2. The maximum atomic E-state index is 13.6. The molecule has 0 aliphatic carbocycles. The van der Waals surface area contributed by atoms with Crippen molar-refractivity contribution in [2.45, 2.75) is 10.9 Å². The molecule has 4 heterocycles. The first kappa shape index (κ1) is 23.2. The minimum atomic E-state index is -4.08. The number of ether oxygens (including phenoxy) is 1. The highest BCUT2D eigenvalue weighted by Crippen LogP contribution is 2.35. The van der Waals surface area contributed by atoms with Gasteiger partial charge in [0.2, 0.25) is 10.0 Å². The van der Waals surface area contributed by atoms with Crippen LogP contribution >= 0.6 is 0 Å². The number of fused-ring (bicyclic) bond motifs is 2. The van der Waals surface area contributed by atoms with Crippen molar-refractivity contribution in [1.29, 1.82) is 0 Å². The van der Waals surface area contributed by atoms with Gasteiger partial charge < -0.3 is 19.5 Å². The molecule has 0 radical (unpaired) electrons. The van der Waals surface area contributed by atoms with Crippen molar-refractivity contribution in [3.8, 4) is 5.75 Å². The van der Waals surface area contributed by atoms with Crippen LogP contribution in [0.15, 0.2) is 47.6 Å². The average molecular weight is 507 g/mol. The quantitative estimate of drug-likeness (QED) is 0.527. The Morgan fingerprint density at radius 1 is 1.20 bits per heavy atom. The van der Waals surface area contributed by atoms with Crippen molar-refractivity contribution in [2.24, 2.45) is 13.0 Å². The molecule has 9 nitrogen and oxygen atoms in total. The second-order valence-corrected chi connectivity index (χ2v) is 10.1. The number of hydrogen-bond acceptors (Lipinski definition) is 6. The van der Waals surface area contributed by atoms with Crippen LogP contribution in [0.5, 0.6) is 5.75 Å². The minimum absolute atomic E-state index is 0.105. The first-order chi connectivity index (χ1) is 16.6. The van der Waals surface area contributed by atoms with Gasteiger partial charge in [-0.15, -0.1) is 0 Å². The lowest BCUT2D eigenvalue weighted by atomic mass is 10.1. The number of carbonyl (C=O) groups excluding carboxylic acids is 1. The summed E-state index contributed by atoms with van der Waals surface area (Å²) in [6.45, 7) is 0.969. The summed E-state index contributed by atoms with van der Waals surface area (Å²) >= 11 is 0. The molecule has 3 aromatic rings. The minimum Gasteiger partial charge on any atom is -0.489 e. The number of carbonyl (C=O) groups is 1. The first-order valence-electron chi connectivity index (χ1n) is 10.6. The molecule has 2 aliphatic heterocycles. The molecule has 2 aliphatic rings. The van der Waals surface area contributed by atoms with Gasteiger partial charge in [-0.05, 0) is 12.1 Å². The van der Waals surface area contributed by atoms with E-state index in [0.29, 0.717) is 31.0 Å². The fraction of sp³-hybridized carbons (Fsp3) is 0.273. The fourth-order valence-corrected chi connectivity index (χ4v) is 5.83. The summed E-state index contributed by atoms with van der Waals surface area (Å²) in [5.41, 5.74) is -0.511. The molecule has 5 rings (SSSR count). The monoisotopic (exact) mass is 507 g/mol. The number of rotatable bonds is 3. The SMILES string of the molecule is Cn1cc2c(c1C(=O)Nc1cc(F)c(F)c(F)c1)OCC1CN(c3ccccn3)CC1NS2(=O)=O. The Kier molecular flexibility index (Phi) is 5.68. The lowest BCUT2D eigenvalue weighted by Crippen LogP contribution is -2.43. The molecule has 2 aromatic heterocycles. The highest BCUT2D eigenvalue weighted by Gasteiger charge is 2.41. The van der Waals surface area contributed by atoms with E-state index in [2.05, 4.69) is 15.0 Å². The van der Waals surface area contributed by atoms with E-state index < -0.39 is 39.4 Å². The number of halogens is 3. The Morgan fingerprint density at radius 3 is 2.63 bits per heavy atom. The Bertz CT molecular complexity index is 1390. The number of anilines is 2. The number of pyridine rings is 1. The zero-order chi connectivity index (χ0) is 24.9. The van der Waals surface area contributed by atoms with Crippen LogP contribution in [0.25, 0.3) is 0 Å². The standard InChI is InChI=1S/C22H20F3N5O4S/c1-29-10-17-21(20(29)22(31)27-13-6-14(23)19(25)15(24)7-13)34-11-12-8-30(18-4-2-3-5-26-18)9-16(12)28-35(17,32)33/h2-7,10,12,16,28H,8-9,11H2,1H3,(H,27,31).